The summed E-state index contributed by atoms with van der Waals surface area (Å²) in [6, 6.07) is -0.295. The minimum atomic E-state index is -2.63. The second-order valence-corrected chi connectivity index (χ2v) is 4.53. The third-order valence-electron chi connectivity index (χ3n) is 3.37. The van der Waals surface area contributed by atoms with Crippen molar-refractivity contribution in [3.8, 4) is 0 Å². The molecule has 2 rings (SSSR count). The zero-order chi connectivity index (χ0) is 11.8. The van der Waals surface area contributed by atoms with Crippen LogP contribution in [0.15, 0.2) is 4.99 Å². The summed E-state index contributed by atoms with van der Waals surface area (Å²) in [4.78, 5) is 5.08. The highest BCUT2D eigenvalue weighted by atomic mass is 19.3. The third-order valence-corrected chi connectivity index (χ3v) is 3.37. The van der Waals surface area contributed by atoms with Gasteiger partial charge in [-0.25, -0.2) is 19.2 Å². The van der Waals surface area contributed by atoms with Gasteiger partial charge in [-0.15, -0.1) is 0 Å². The highest BCUT2D eigenvalue weighted by Gasteiger charge is 2.57. The molecule has 0 aromatic rings. The molecule has 16 heavy (non-hydrogen) atoms. The fraction of sp³-hybridized carbons (Fsp3) is 0.800. The van der Waals surface area contributed by atoms with Crippen molar-refractivity contribution in [2.45, 2.75) is 30.7 Å². The Labute approximate surface area is 92.8 Å². The molecular formula is C10H15F2N3O. The first-order valence-corrected chi connectivity index (χ1v) is 5.28. The number of ether oxygens (including phenoxy) is 1. The number of fused-ring (bicyclic) bond motifs is 1. The molecule has 0 spiro atoms. The smallest absolute Gasteiger partial charge is 0.308 e. The molecule has 0 aliphatic carbocycles. The number of alkyl halides is 2. The first-order valence-electron chi connectivity index (χ1n) is 5.28. The number of halogens is 2. The largest absolute Gasteiger partial charge is 0.462 e. The van der Waals surface area contributed by atoms with E-state index in [2.05, 4.69) is 11.7 Å². The van der Waals surface area contributed by atoms with Gasteiger partial charge in [0, 0.05) is 6.42 Å². The van der Waals surface area contributed by atoms with Crippen molar-refractivity contribution in [3.63, 3.8) is 0 Å². The number of hydrogen-bond donors (Lipinski definition) is 1. The monoisotopic (exact) mass is 231 g/mol. The summed E-state index contributed by atoms with van der Waals surface area (Å²) in [7, 11) is 0. The minimum absolute atomic E-state index is 0.112. The van der Waals surface area contributed by atoms with Crippen LogP contribution in [-0.2, 0) is 4.74 Å². The molecular weight excluding hydrogens is 216 g/mol. The van der Waals surface area contributed by atoms with E-state index in [9.17, 15) is 8.78 Å². The Balaban J connectivity index is 2.04. The predicted molar refractivity (Wildman–Crippen MR) is 56.3 cm³/mol. The van der Waals surface area contributed by atoms with Gasteiger partial charge in [-0.05, 0) is 26.1 Å². The van der Waals surface area contributed by atoms with Gasteiger partial charge in [-0.1, -0.05) is 0 Å². The van der Waals surface area contributed by atoms with E-state index in [4.69, 9.17) is 10.1 Å². The van der Waals surface area contributed by atoms with Crippen LogP contribution in [0, 0.1) is 5.41 Å². The van der Waals surface area contributed by atoms with E-state index < -0.39 is 11.5 Å². The van der Waals surface area contributed by atoms with Crippen molar-refractivity contribution in [2.24, 2.45) is 4.99 Å². The minimum Gasteiger partial charge on any atom is -0.462 e. The van der Waals surface area contributed by atoms with Gasteiger partial charge in [0.25, 0.3) is 5.92 Å². The lowest BCUT2D eigenvalue weighted by Crippen LogP contribution is -2.42. The highest BCUT2D eigenvalue weighted by Crippen LogP contribution is 2.45. The van der Waals surface area contributed by atoms with Crippen LogP contribution in [0.2, 0.25) is 0 Å². The van der Waals surface area contributed by atoms with E-state index >= 15 is 0 Å². The number of rotatable bonds is 2. The Morgan fingerprint density at radius 2 is 2.31 bits per heavy atom. The Morgan fingerprint density at radius 1 is 1.56 bits per heavy atom. The van der Waals surface area contributed by atoms with E-state index in [1.807, 2.05) is 0 Å². The predicted octanol–water partition coefficient (Wildman–Crippen LogP) is 1.51. The number of aliphatic imine (C=N–C) groups is 1. The van der Waals surface area contributed by atoms with Crippen molar-refractivity contribution in [3.05, 3.63) is 0 Å². The zero-order valence-electron chi connectivity index (χ0n) is 9.01. The lowest BCUT2D eigenvalue weighted by molar-refractivity contribution is 0.00792. The van der Waals surface area contributed by atoms with Crippen molar-refractivity contribution in [1.29, 1.82) is 5.41 Å². The third kappa shape index (κ3) is 1.93. The molecule has 0 aromatic heterocycles. The molecule has 6 heteroatoms. The molecule has 2 aliphatic rings. The lowest BCUT2D eigenvalue weighted by Gasteiger charge is -2.30. The summed E-state index contributed by atoms with van der Waals surface area (Å²) in [6.45, 7) is 3.77. The molecule has 1 unspecified atom stereocenters. The van der Waals surface area contributed by atoms with Gasteiger partial charge in [-0.2, -0.15) is 0 Å². The van der Waals surface area contributed by atoms with Gasteiger partial charge in [0.15, 0.2) is 0 Å². The molecule has 0 radical (unpaired) electrons. The van der Waals surface area contributed by atoms with E-state index in [0.717, 1.165) is 6.42 Å². The quantitative estimate of drug-likeness (QED) is 0.578. The van der Waals surface area contributed by atoms with Crippen molar-refractivity contribution < 1.29 is 13.5 Å². The van der Waals surface area contributed by atoms with Gasteiger partial charge in [-0.3, -0.25) is 4.90 Å². The van der Waals surface area contributed by atoms with Gasteiger partial charge in [0.1, 0.15) is 6.61 Å². The van der Waals surface area contributed by atoms with E-state index in [1.165, 1.54) is 0 Å². The van der Waals surface area contributed by atoms with E-state index in [-0.39, 0.29) is 25.6 Å². The summed E-state index contributed by atoms with van der Waals surface area (Å²) >= 11 is 0. The molecule has 0 saturated carbocycles. The van der Waals surface area contributed by atoms with E-state index in [1.54, 1.807) is 4.90 Å². The van der Waals surface area contributed by atoms with Crippen LogP contribution < -0.4 is 0 Å². The SMILES string of the molecule is C=NC(=N)OCC12CCCN1CC(F)(F)C2. The van der Waals surface area contributed by atoms with Gasteiger partial charge < -0.3 is 4.74 Å². The Kier molecular flexibility index (Phi) is 2.69. The second kappa shape index (κ2) is 3.76. The topological polar surface area (TPSA) is 48.7 Å². The normalized spacial score (nSPS) is 32.4. The first kappa shape index (κ1) is 11.4. The molecule has 1 atom stereocenters. The summed E-state index contributed by atoms with van der Waals surface area (Å²) in [5.74, 6) is -2.63. The molecule has 2 fully saturated rings. The van der Waals surface area contributed by atoms with Crippen LogP contribution in [0.5, 0.6) is 0 Å². The fourth-order valence-electron chi connectivity index (χ4n) is 2.72. The van der Waals surface area contributed by atoms with Crippen LogP contribution in [-0.4, -0.2) is 48.8 Å². The van der Waals surface area contributed by atoms with Crippen LogP contribution in [0.1, 0.15) is 19.3 Å². The van der Waals surface area contributed by atoms with Crippen LogP contribution in [0.3, 0.4) is 0 Å². The molecule has 2 aliphatic heterocycles. The summed E-state index contributed by atoms with van der Waals surface area (Å²) in [5.41, 5.74) is -0.597. The second-order valence-electron chi connectivity index (χ2n) is 4.53. The average molecular weight is 231 g/mol. The van der Waals surface area contributed by atoms with Crippen molar-refractivity contribution in [2.75, 3.05) is 19.7 Å². The maximum Gasteiger partial charge on any atom is 0.308 e. The van der Waals surface area contributed by atoms with Crippen LogP contribution >= 0.6 is 0 Å². The number of hydrogen-bond acceptors (Lipinski definition) is 3. The van der Waals surface area contributed by atoms with E-state index in [0.29, 0.717) is 13.0 Å². The Hall–Kier alpha value is -1.04. The maximum absolute atomic E-state index is 13.3. The molecule has 90 valence electrons. The van der Waals surface area contributed by atoms with Gasteiger partial charge >= 0.3 is 6.02 Å². The lowest BCUT2D eigenvalue weighted by atomic mass is 9.94. The Morgan fingerprint density at radius 3 is 3.00 bits per heavy atom. The number of nitrogens with zero attached hydrogens (tertiary/aromatic N) is 2. The van der Waals surface area contributed by atoms with Crippen LogP contribution in [0.25, 0.3) is 0 Å². The first-order chi connectivity index (χ1) is 7.47. The summed E-state index contributed by atoms with van der Waals surface area (Å²) < 4.78 is 31.7. The fourth-order valence-corrected chi connectivity index (χ4v) is 2.72. The zero-order valence-corrected chi connectivity index (χ0v) is 9.01. The molecule has 0 amide bonds. The van der Waals surface area contributed by atoms with Crippen molar-refractivity contribution >= 4 is 12.7 Å². The molecule has 0 bridgehead atoms. The van der Waals surface area contributed by atoms with Gasteiger partial charge in [0.2, 0.25) is 0 Å². The molecule has 1 N–H and O–H groups in total. The Bertz CT molecular complexity index is 321. The molecule has 4 nitrogen and oxygen atoms in total. The summed E-state index contributed by atoms with van der Waals surface area (Å²) in [6.07, 6.45) is 1.44. The molecule has 0 aromatic carbocycles. The van der Waals surface area contributed by atoms with Crippen molar-refractivity contribution in [1.82, 2.24) is 4.90 Å². The maximum atomic E-state index is 13.3. The highest BCUT2D eigenvalue weighted by molar-refractivity contribution is 5.75. The van der Waals surface area contributed by atoms with Gasteiger partial charge in [0.05, 0.1) is 12.1 Å². The standard InChI is InChI=1S/C10H15F2N3O/c1-14-8(13)16-7-9-3-2-4-15(9)6-10(11,12)5-9/h13H,1-7H2. The molecule has 2 heterocycles. The summed E-state index contributed by atoms with van der Waals surface area (Å²) in [5, 5.41) is 7.19. The van der Waals surface area contributed by atoms with Crippen LogP contribution in [0.4, 0.5) is 8.78 Å². The number of nitrogens with one attached hydrogen (secondary N) is 1. The number of amidine groups is 1. The molecule has 2 saturated heterocycles. The average Bonchev–Trinajstić information content (AvgIpc) is 2.66.